The number of anilines is 1. The summed E-state index contributed by atoms with van der Waals surface area (Å²) in [6.07, 6.45) is 2.23. The molecule has 0 saturated heterocycles. The zero-order valence-corrected chi connectivity index (χ0v) is 17.6. The Kier molecular flexibility index (Phi) is 7.19. The molecule has 0 spiro atoms. The van der Waals surface area contributed by atoms with Crippen molar-refractivity contribution in [1.82, 2.24) is 15.0 Å². The van der Waals surface area contributed by atoms with E-state index in [2.05, 4.69) is 15.6 Å². The average molecular weight is 427 g/mol. The number of rotatable bonds is 8. The van der Waals surface area contributed by atoms with Crippen LogP contribution in [0.3, 0.4) is 0 Å². The number of carbonyl (C=O) groups excluding carboxylic acids is 2. The van der Waals surface area contributed by atoms with Crippen molar-refractivity contribution in [2.24, 2.45) is 0 Å². The summed E-state index contributed by atoms with van der Waals surface area (Å²) in [5.74, 6) is -0.745. The molecular formula is C22H23ClN4O3. The zero-order chi connectivity index (χ0) is 21.5. The lowest BCUT2D eigenvalue weighted by atomic mass is 10.1. The summed E-state index contributed by atoms with van der Waals surface area (Å²) in [6, 6.07) is 13.7. The lowest BCUT2D eigenvalue weighted by molar-refractivity contribution is 0.0505. The second-order valence-corrected chi connectivity index (χ2v) is 7.13. The Hall–Kier alpha value is -3.19. The number of aromatic nitrogens is 3. The molecule has 0 aliphatic carbocycles. The van der Waals surface area contributed by atoms with Crippen molar-refractivity contribution in [3.05, 3.63) is 70.5 Å². The number of halogens is 1. The highest BCUT2D eigenvalue weighted by atomic mass is 35.5. The molecule has 0 bridgehead atoms. The highest BCUT2D eigenvalue weighted by molar-refractivity contribution is 6.30. The molecule has 0 radical (unpaired) electrons. The van der Waals surface area contributed by atoms with E-state index < -0.39 is 0 Å². The molecule has 8 heteroatoms. The highest BCUT2D eigenvalue weighted by Crippen LogP contribution is 2.19. The van der Waals surface area contributed by atoms with E-state index in [9.17, 15) is 9.59 Å². The van der Waals surface area contributed by atoms with Gasteiger partial charge in [-0.15, -0.1) is 5.10 Å². The molecule has 0 saturated carbocycles. The third-order valence-corrected chi connectivity index (χ3v) is 4.60. The van der Waals surface area contributed by atoms with E-state index in [0.717, 1.165) is 24.2 Å². The van der Waals surface area contributed by atoms with Crippen LogP contribution in [0.4, 0.5) is 5.69 Å². The smallest absolute Gasteiger partial charge is 0.338 e. The SMILES string of the molecule is CCCOC(=O)c1ccc(NC(=O)c2nnn(-c3ccc(Cl)cc3)c2CCC)cc1. The molecule has 1 heterocycles. The van der Waals surface area contributed by atoms with Crippen LogP contribution < -0.4 is 5.32 Å². The molecule has 0 fully saturated rings. The Morgan fingerprint density at radius 2 is 1.73 bits per heavy atom. The van der Waals surface area contributed by atoms with E-state index in [4.69, 9.17) is 16.3 Å². The summed E-state index contributed by atoms with van der Waals surface area (Å²) in [4.78, 5) is 24.7. The van der Waals surface area contributed by atoms with Crippen molar-refractivity contribution >= 4 is 29.2 Å². The molecule has 0 aliphatic rings. The monoisotopic (exact) mass is 426 g/mol. The molecule has 1 aromatic heterocycles. The van der Waals surface area contributed by atoms with E-state index in [0.29, 0.717) is 29.3 Å². The molecule has 3 aromatic rings. The first kappa shape index (κ1) is 21.5. The topological polar surface area (TPSA) is 86.1 Å². The highest BCUT2D eigenvalue weighted by Gasteiger charge is 2.20. The van der Waals surface area contributed by atoms with Crippen molar-refractivity contribution in [2.45, 2.75) is 33.1 Å². The Labute approximate surface area is 180 Å². The van der Waals surface area contributed by atoms with Gasteiger partial charge in [0.1, 0.15) is 0 Å². The summed E-state index contributed by atoms with van der Waals surface area (Å²) >= 11 is 5.96. The van der Waals surface area contributed by atoms with Gasteiger partial charge in [-0.1, -0.05) is 37.1 Å². The molecule has 156 valence electrons. The number of hydrogen-bond donors (Lipinski definition) is 1. The number of hydrogen-bond acceptors (Lipinski definition) is 5. The normalized spacial score (nSPS) is 10.6. The van der Waals surface area contributed by atoms with Gasteiger partial charge in [-0.05, 0) is 61.4 Å². The van der Waals surface area contributed by atoms with Gasteiger partial charge in [0.15, 0.2) is 5.69 Å². The van der Waals surface area contributed by atoms with Crippen LogP contribution in [0.25, 0.3) is 5.69 Å². The average Bonchev–Trinajstić information content (AvgIpc) is 3.17. The standard InChI is InChI=1S/C22H23ClN4O3/c1-3-5-19-20(25-26-27(19)18-12-8-16(23)9-13-18)21(28)24-17-10-6-15(7-11-17)22(29)30-14-4-2/h6-13H,3-5,14H2,1-2H3,(H,24,28). The van der Waals surface area contributed by atoms with E-state index in [1.807, 2.05) is 26.0 Å². The van der Waals surface area contributed by atoms with Crippen LogP contribution in [0.1, 0.15) is 53.2 Å². The second-order valence-electron chi connectivity index (χ2n) is 6.69. The number of esters is 1. The van der Waals surface area contributed by atoms with Gasteiger partial charge in [0, 0.05) is 10.7 Å². The van der Waals surface area contributed by atoms with Crippen LogP contribution in [0.2, 0.25) is 5.02 Å². The predicted molar refractivity (Wildman–Crippen MR) is 115 cm³/mol. The summed E-state index contributed by atoms with van der Waals surface area (Å²) in [5.41, 5.74) is 2.75. The quantitative estimate of drug-likeness (QED) is 0.528. The van der Waals surface area contributed by atoms with Gasteiger partial charge in [-0.2, -0.15) is 0 Å². The molecule has 3 rings (SSSR count). The van der Waals surface area contributed by atoms with Gasteiger partial charge < -0.3 is 10.1 Å². The second kappa shape index (κ2) is 10.0. The van der Waals surface area contributed by atoms with Gasteiger partial charge >= 0.3 is 5.97 Å². The third-order valence-electron chi connectivity index (χ3n) is 4.35. The van der Waals surface area contributed by atoms with Crippen molar-refractivity contribution in [2.75, 3.05) is 11.9 Å². The van der Waals surface area contributed by atoms with Crippen LogP contribution in [0.5, 0.6) is 0 Å². The Morgan fingerprint density at radius 1 is 1.03 bits per heavy atom. The fourth-order valence-electron chi connectivity index (χ4n) is 2.89. The maximum Gasteiger partial charge on any atom is 0.338 e. The summed E-state index contributed by atoms with van der Waals surface area (Å²) < 4.78 is 6.76. The summed E-state index contributed by atoms with van der Waals surface area (Å²) in [5, 5.41) is 11.7. The molecular weight excluding hydrogens is 404 g/mol. The number of nitrogens with zero attached hydrogens (tertiary/aromatic N) is 3. The van der Waals surface area contributed by atoms with Crippen molar-refractivity contribution in [3.63, 3.8) is 0 Å². The molecule has 30 heavy (non-hydrogen) atoms. The Morgan fingerprint density at radius 3 is 2.37 bits per heavy atom. The molecule has 1 N–H and O–H groups in total. The van der Waals surface area contributed by atoms with Crippen LogP contribution in [-0.2, 0) is 11.2 Å². The lowest BCUT2D eigenvalue weighted by Crippen LogP contribution is -2.16. The minimum Gasteiger partial charge on any atom is -0.462 e. The first-order valence-electron chi connectivity index (χ1n) is 9.82. The Bertz CT molecular complexity index is 1010. The van der Waals surface area contributed by atoms with Crippen LogP contribution in [0, 0.1) is 0 Å². The maximum atomic E-state index is 12.8. The first-order valence-corrected chi connectivity index (χ1v) is 10.2. The van der Waals surface area contributed by atoms with Gasteiger partial charge in [0.05, 0.1) is 23.6 Å². The van der Waals surface area contributed by atoms with E-state index >= 15 is 0 Å². The fraction of sp³-hybridized carbons (Fsp3) is 0.273. The summed E-state index contributed by atoms with van der Waals surface area (Å²) in [6.45, 7) is 4.33. The predicted octanol–water partition coefficient (Wildman–Crippen LogP) is 4.69. The minimum absolute atomic E-state index is 0.262. The number of carbonyl (C=O) groups is 2. The largest absolute Gasteiger partial charge is 0.462 e. The van der Waals surface area contributed by atoms with Crippen molar-refractivity contribution in [3.8, 4) is 5.69 Å². The minimum atomic E-state index is -0.383. The van der Waals surface area contributed by atoms with E-state index in [1.165, 1.54) is 0 Å². The van der Waals surface area contributed by atoms with Crippen LogP contribution >= 0.6 is 11.6 Å². The van der Waals surface area contributed by atoms with Gasteiger partial charge in [-0.3, -0.25) is 4.79 Å². The fourth-order valence-corrected chi connectivity index (χ4v) is 3.01. The number of nitrogens with one attached hydrogen (secondary N) is 1. The number of ether oxygens (including phenoxy) is 1. The van der Waals surface area contributed by atoms with E-state index in [1.54, 1.807) is 41.1 Å². The van der Waals surface area contributed by atoms with E-state index in [-0.39, 0.29) is 17.6 Å². The third kappa shape index (κ3) is 5.04. The Balaban J connectivity index is 1.78. The lowest BCUT2D eigenvalue weighted by Gasteiger charge is -2.08. The van der Waals surface area contributed by atoms with Gasteiger partial charge in [-0.25, -0.2) is 9.48 Å². The maximum absolute atomic E-state index is 12.8. The number of amides is 1. The van der Waals surface area contributed by atoms with Gasteiger partial charge in [0.25, 0.3) is 5.91 Å². The molecule has 2 aromatic carbocycles. The van der Waals surface area contributed by atoms with Crippen LogP contribution in [0.15, 0.2) is 48.5 Å². The van der Waals surface area contributed by atoms with Crippen molar-refractivity contribution in [1.29, 1.82) is 0 Å². The molecule has 0 aliphatic heterocycles. The molecule has 0 unspecified atom stereocenters. The molecule has 0 atom stereocenters. The molecule has 7 nitrogen and oxygen atoms in total. The number of benzene rings is 2. The molecule has 1 amide bonds. The summed E-state index contributed by atoms with van der Waals surface area (Å²) in [7, 11) is 0. The zero-order valence-electron chi connectivity index (χ0n) is 16.9. The first-order chi connectivity index (χ1) is 14.5. The van der Waals surface area contributed by atoms with Crippen LogP contribution in [-0.4, -0.2) is 33.5 Å². The van der Waals surface area contributed by atoms with Gasteiger partial charge in [0.2, 0.25) is 0 Å². The van der Waals surface area contributed by atoms with Crippen molar-refractivity contribution < 1.29 is 14.3 Å².